The molecule has 0 amide bonds. The number of aromatic nitrogens is 2. The molecular formula is C21H26ClN4O4P. The van der Waals surface area contributed by atoms with E-state index in [0.29, 0.717) is 16.5 Å². The van der Waals surface area contributed by atoms with Gasteiger partial charge < -0.3 is 27.8 Å². The Morgan fingerprint density at radius 1 is 0.935 bits per heavy atom. The molecule has 8 nitrogen and oxygen atoms in total. The summed E-state index contributed by atoms with van der Waals surface area (Å²) in [4.78, 5) is 7.18. The zero-order valence-corrected chi connectivity index (χ0v) is 19.7. The van der Waals surface area contributed by atoms with Crippen LogP contribution in [0.3, 0.4) is 0 Å². The van der Waals surface area contributed by atoms with Gasteiger partial charge in [-0.15, -0.1) is 0 Å². The molecule has 0 saturated carbocycles. The number of halogens is 1. The largest absolute Gasteiger partial charge is 0.496 e. The lowest BCUT2D eigenvalue weighted by molar-refractivity contribution is 0.260. The molecule has 0 aliphatic carbocycles. The molecule has 2 aromatic heterocycles. The van der Waals surface area contributed by atoms with Crippen LogP contribution in [-0.2, 0) is 9.05 Å². The van der Waals surface area contributed by atoms with E-state index in [-0.39, 0.29) is 0 Å². The summed E-state index contributed by atoms with van der Waals surface area (Å²) in [6, 6.07) is 7.82. The molecule has 1 saturated heterocycles. The van der Waals surface area contributed by atoms with E-state index in [1.165, 1.54) is 0 Å². The van der Waals surface area contributed by atoms with E-state index in [1.807, 2.05) is 22.9 Å². The molecule has 0 bridgehead atoms. The number of hydrogen-bond donors (Lipinski definition) is 0. The molecule has 0 N–H and O–H groups in total. The van der Waals surface area contributed by atoms with Gasteiger partial charge in [0.25, 0.3) is 8.53 Å². The number of nitrogens with zero attached hydrogens (tertiary/aromatic N) is 4. The summed E-state index contributed by atoms with van der Waals surface area (Å²) in [7, 11) is 5.62. The Labute approximate surface area is 188 Å². The molecule has 10 heteroatoms. The monoisotopic (exact) mass is 464 g/mol. The van der Waals surface area contributed by atoms with Crippen molar-refractivity contribution in [1.82, 2.24) is 14.1 Å². The molecule has 1 aromatic carbocycles. The first-order chi connectivity index (χ1) is 15.1. The van der Waals surface area contributed by atoms with Crippen LogP contribution >= 0.6 is 20.1 Å². The van der Waals surface area contributed by atoms with Gasteiger partial charge in [0.1, 0.15) is 17.1 Å². The van der Waals surface area contributed by atoms with Gasteiger partial charge in [-0.25, -0.2) is 9.65 Å². The van der Waals surface area contributed by atoms with E-state index < -0.39 is 8.53 Å². The van der Waals surface area contributed by atoms with Crippen molar-refractivity contribution < 1.29 is 18.5 Å². The van der Waals surface area contributed by atoms with Crippen LogP contribution in [-0.4, -0.2) is 68.7 Å². The predicted molar refractivity (Wildman–Crippen MR) is 123 cm³/mol. The summed E-state index contributed by atoms with van der Waals surface area (Å²) in [6.45, 7) is 3.58. The summed E-state index contributed by atoms with van der Waals surface area (Å²) >= 11 is 6.35. The van der Waals surface area contributed by atoms with Crippen LogP contribution in [0.5, 0.6) is 11.5 Å². The fourth-order valence-electron chi connectivity index (χ4n) is 3.78. The lowest BCUT2D eigenvalue weighted by atomic mass is 10.1. The number of fused-ring (bicyclic) bond motifs is 1. The van der Waals surface area contributed by atoms with E-state index in [0.717, 1.165) is 48.8 Å². The number of rotatable bonds is 7. The van der Waals surface area contributed by atoms with Gasteiger partial charge in [0.15, 0.2) is 0 Å². The Hall–Kier alpha value is -2.09. The molecule has 1 aliphatic heterocycles. The maximum absolute atomic E-state index is 6.35. The van der Waals surface area contributed by atoms with Crippen molar-refractivity contribution in [3.63, 3.8) is 0 Å². The second-order valence-electron chi connectivity index (χ2n) is 7.01. The fraction of sp³-hybridized carbons (Fsp3) is 0.381. The average Bonchev–Trinajstić information content (AvgIpc) is 3.23. The van der Waals surface area contributed by atoms with Crippen LogP contribution in [0.25, 0.3) is 16.9 Å². The lowest BCUT2D eigenvalue weighted by Crippen LogP contribution is -2.44. The summed E-state index contributed by atoms with van der Waals surface area (Å²) in [5.41, 5.74) is 3.61. The SMILES string of the molecule is COc1cc(OC)c(-c2cn3ccc(N4CCN(P(OC)OC)CC4)cc3n2)cc1Cl. The van der Waals surface area contributed by atoms with Gasteiger partial charge in [-0.3, -0.25) is 0 Å². The minimum Gasteiger partial charge on any atom is -0.496 e. The number of imidazole rings is 1. The van der Waals surface area contributed by atoms with Gasteiger partial charge >= 0.3 is 0 Å². The van der Waals surface area contributed by atoms with Crippen molar-refractivity contribution in [2.75, 3.05) is 59.5 Å². The molecule has 0 atom stereocenters. The molecule has 31 heavy (non-hydrogen) atoms. The van der Waals surface area contributed by atoms with E-state index in [4.69, 9.17) is 35.1 Å². The second kappa shape index (κ2) is 9.59. The quantitative estimate of drug-likeness (QED) is 0.483. The maximum atomic E-state index is 6.35. The summed E-state index contributed by atoms with van der Waals surface area (Å²) < 4.78 is 26.0. The number of ether oxygens (including phenoxy) is 2. The molecular weight excluding hydrogens is 439 g/mol. The van der Waals surface area contributed by atoms with Crippen molar-refractivity contribution in [2.45, 2.75) is 0 Å². The van der Waals surface area contributed by atoms with Crippen molar-refractivity contribution in [2.24, 2.45) is 0 Å². The van der Waals surface area contributed by atoms with E-state index in [1.54, 1.807) is 34.5 Å². The van der Waals surface area contributed by atoms with E-state index >= 15 is 0 Å². The first-order valence-corrected chi connectivity index (χ1v) is 11.4. The summed E-state index contributed by atoms with van der Waals surface area (Å²) in [6.07, 6.45) is 4.00. The molecule has 3 heterocycles. The highest BCUT2D eigenvalue weighted by molar-refractivity contribution is 7.44. The zero-order chi connectivity index (χ0) is 22.0. The molecule has 0 unspecified atom stereocenters. The third-order valence-corrected chi connectivity index (χ3v) is 7.14. The highest BCUT2D eigenvalue weighted by Crippen LogP contribution is 2.41. The molecule has 1 aliphatic rings. The van der Waals surface area contributed by atoms with Crippen LogP contribution in [0.15, 0.2) is 36.7 Å². The highest BCUT2D eigenvalue weighted by atomic mass is 35.5. The number of piperazine rings is 1. The third kappa shape index (κ3) is 4.45. The minimum absolute atomic E-state index is 0.515. The standard InChI is InChI=1S/C21H26ClN4O4P/c1-27-19-13-20(28-2)17(22)12-16(19)18-14-25-6-5-15(11-21(25)23-18)24-7-9-26(10-8-24)31(29-3)30-4/h5-6,11-14H,7-10H2,1-4H3. The van der Waals surface area contributed by atoms with Crippen molar-refractivity contribution in [1.29, 1.82) is 0 Å². The minimum atomic E-state index is -0.966. The number of hydrogen-bond acceptors (Lipinski definition) is 7. The lowest BCUT2D eigenvalue weighted by Gasteiger charge is -2.37. The predicted octanol–water partition coefficient (Wildman–Crippen LogP) is 4.31. The first-order valence-electron chi connectivity index (χ1n) is 9.86. The van der Waals surface area contributed by atoms with Crippen molar-refractivity contribution in [3.05, 3.63) is 41.7 Å². The summed E-state index contributed by atoms with van der Waals surface area (Å²) in [5.74, 6) is 1.23. The van der Waals surface area contributed by atoms with Crippen LogP contribution in [0.4, 0.5) is 5.69 Å². The Morgan fingerprint density at radius 2 is 1.65 bits per heavy atom. The zero-order valence-electron chi connectivity index (χ0n) is 18.0. The van der Waals surface area contributed by atoms with Gasteiger partial charge in [0.05, 0.1) is 24.9 Å². The Morgan fingerprint density at radius 3 is 2.29 bits per heavy atom. The number of benzene rings is 1. The number of anilines is 1. The molecule has 3 aromatic rings. The molecule has 166 valence electrons. The van der Waals surface area contributed by atoms with E-state index in [9.17, 15) is 0 Å². The third-order valence-electron chi connectivity index (χ3n) is 5.36. The van der Waals surface area contributed by atoms with Crippen LogP contribution in [0, 0.1) is 0 Å². The Balaban J connectivity index is 1.58. The van der Waals surface area contributed by atoms with E-state index in [2.05, 4.69) is 21.7 Å². The van der Waals surface area contributed by atoms with Gasteiger partial charge in [-0.2, -0.15) is 0 Å². The van der Waals surface area contributed by atoms with Crippen LogP contribution < -0.4 is 14.4 Å². The van der Waals surface area contributed by atoms with Crippen molar-refractivity contribution >= 4 is 31.5 Å². The maximum Gasteiger partial charge on any atom is 0.258 e. The average molecular weight is 465 g/mol. The van der Waals surface area contributed by atoms with Gasteiger partial charge in [-0.1, -0.05) is 11.6 Å². The smallest absolute Gasteiger partial charge is 0.258 e. The second-order valence-corrected chi connectivity index (χ2v) is 9.19. The topological polar surface area (TPSA) is 60.7 Å². The van der Waals surface area contributed by atoms with Crippen molar-refractivity contribution in [3.8, 4) is 22.8 Å². The number of methoxy groups -OCH3 is 2. The Bertz CT molecular complexity index is 1050. The number of pyridine rings is 1. The van der Waals surface area contributed by atoms with Gasteiger partial charge in [0.2, 0.25) is 0 Å². The first kappa shape index (κ1) is 22.1. The van der Waals surface area contributed by atoms with Gasteiger partial charge in [-0.05, 0) is 12.1 Å². The van der Waals surface area contributed by atoms with Crippen LogP contribution in [0.1, 0.15) is 0 Å². The van der Waals surface area contributed by atoms with Crippen LogP contribution in [0.2, 0.25) is 5.02 Å². The highest BCUT2D eigenvalue weighted by Gasteiger charge is 2.25. The summed E-state index contributed by atoms with van der Waals surface area (Å²) in [5, 5.41) is 0.515. The molecule has 0 radical (unpaired) electrons. The molecule has 1 fully saturated rings. The molecule has 4 rings (SSSR count). The fourth-order valence-corrected chi connectivity index (χ4v) is 5.14. The normalized spacial score (nSPS) is 15.1. The Kier molecular flexibility index (Phi) is 6.84. The molecule has 0 spiro atoms. The van der Waals surface area contributed by atoms with Gasteiger partial charge in [0, 0.05) is 76.2 Å².